The summed E-state index contributed by atoms with van der Waals surface area (Å²) in [6, 6.07) is 5.32. The Kier molecular flexibility index (Phi) is 8.38. The number of carbonyl (C=O) groups excluding carboxylic acids is 3. The van der Waals surface area contributed by atoms with Crippen LogP contribution in [0.4, 0.5) is 14.5 Å². The number of nitrogens with one attached hydrogen (secondary N) is 1. The molecule has 0 radical (unpaired) electrons. The first-order valence-corrected chi connectivity index (χ1v) is 9.53. The Labute approximate surface area is 182 Å². The number of hydrogen-bond donors (Lipinski definition) is 1. The van der Waals surface area contributed by atoms with E-state index in [9.17, 15) is 23.2 Å². The monoisotopic (exact) mass is 458 g/mol. The highest BCUT2D eigenvalue weighted by Gasteiger charge is 2.19. The summed E-state index contributed by atoms with van der Waals surface area (Å²) in [5.41, 5.74) is 1.76. The first-order chi connectivity index (χ1) is 14.6. The number of halogens is 3. The molecule has 0 aliphatic heterocycles. The van der Waals surface area contributed by atoms with Crippen molar-refractivity contribution in [3.8, 4) is 5.75 Å². The lowest BCUT2D eigenvalue weighted by atomic mass is 10.2. The zero-order valence-electron chi connectivity index (χ0n) is 17.0. The first kappa shape index (κ1) is 24.1. The van der Waals surface area contributed by atoms with Crippen LogP contribution < -0.4 is 10.1 Å². The predicted molar refractivity (Wildman–Crippen MR) is 108 cm³/mol. The average Bonchev–Trinajstić information content (AvgIpc) is 2.97. The minimum absolute atomic E-state index is 0.119. The zero-order valence-corrected chi connectivity index (χ0v) is 17.8. The molecule has 0 spiro atoms. The third-order valence-corrected chi connectivity index (χ3v) is 4.45. The van der Waals surface area contributed by atoms with E-state index >= 15 is 0 Å². The Bertz CT molecular complexity index is 977. The highest BCUT2D eigenvalue weighted by atomic mass is 35.5. The van der Waals surface area contributed by atoms with Crippen LogP contribution >= 0.6 is 11.6 Å². The molecular weight excluding hydrogens is 438 g/mol. The van der Waals surface area contributed by atoms with E-state index in [2.05, 4.69) is 10.1 Å². The van der Waals surface area contributed by atoms with Crippen molar-refractivity contribution in [3.05, 3.63) is 46.2 Å². The summed E-state index contributed by atoms with van der Waals surface area (Å²) >= 11 is 5.82. The van der Waals surface area contributed by atoms with Crippen molar-refractivity contribution in [3.63, 3.8) is 0 Å². The molecule has 11 heteroatoms. The number of nitrogens with zero attached hydrogens (tertiary/aromatic N) is 1. The quantitative estimate of drug-likeness (QED) is 0.575. The number of rotatable bonds is 9. The van der Waals surface area contributed by atoms with E-state index in [1.165, 1.54) is 18.2 Å². The minimum atomic E-state index is -3.03. The number of carbonyl (C=O) groups is 3. The summed E-state index contributed by atoms with van der Waals surface area (Å²) in [6.45, 7) is 1.52. The van der Waals surface area contributed by atoms with Crippen molar-refractivity contribution in [1.29, 1.82) is 0 Å². The SMILES string of the molecule is CCOC(=O)c1cc(C)n(CC(=O)OCC(=O)Nc2ccc(OC(F)F)c(Cl)c2)c1C. The Morgan fingerprint density at radius 1 is 1.16 bits per heavy atom. The fourth-order valence-corrected chi connectivity index (χ4v) is 2.97. The third-order valence-electron chi connectivity index (χ3n) is 4.15. The predicted octanol–water partition coefficient (Wildman–Crippen LogP) is 3.72. The summed E-state index contributed by atoms with van der Waals surface area (Å²) < 4.78 is 40.2. The summed E-state index contributed by atoms with van der Waals surface area (Å²) in [6.07, 6.45) is 0. The molecule has 0 bridgehead atoms. The largest absolute Gasteiger partial charge is 0.462 e. The number of aryl methyl sites for hydroxylation is 1. The van der Waals surface area contributed by atoms with Crippen LogP contribution in [0.25, 0.3) is 0 Å². The van der Waals surface area contributed by atoms with Gasteiger partial charge in [0.1, 0.15) is 12.3 Å². The van der Waals surface area contributed by atoms with Gasteiger partial charge in [-0.2, -0.15) is 8.78 Å². The van der Waals surface area contributed by atoms with Crippen LogP contribution in [0.3, 0.4) is 0 Å². The second-order valence-electron chi connectivity index (χ2n) is 6.32. The lowest BCUT2D eigenvalue weighted by molar-refractivity contribution is -0.147. The molecule has 0 unspecified atom stereocenters. The van der Waals surface area contributed by atoms with Gasteiger partial charge in [-0.1, -0.05) is 11.6 Å². The number of amides is 1. The highest BCUT2D eigenvalue weighted by molar-refractivity contribution is 6.32. The first-order valence-electron chi connectivity index (χ1n) is 9.16. The molecule has 0 aliphatic carbocycles. The molecule has 0 fully saturated rings. The number of ether oxygens (including phenoxy) is 3. The van der Waals surface area contributed by atoms with Crippen molar-refractivity contribution in [2.45, 2.75) is 33.9 Å². The molecule has 168 valence electrons. The number of hydrogen-bond acceptors (Lipinski definition) is 6. The van der Waals surface area contributed by atoms with Gasteiger partial charge in [-0.25, -0.2) is 4.79 Å². The maximum absolute atomic E-state index is 12.2. The molecule has 1 aromatic heterocycles. The fraction of sp³-hybridized carbons (Fsp3) is 0.350. The van der Waals surface area contributed by atoms with E-state index in [4.69, 9.17) is 21.1 Å². The molecule has 2 aromatic rings. The fourth-order valence-electron chi connectivity index (χ4n) is 2.75. The van der Waals surface area contributed by atoms with Gasteiger partial charge in [0, 0.05) is 17.1 Å². The van der Waals surface area contributed by atoms with Crippen molar-refractivity contribution in [1.82, 2.24) is 4.57 Å². The van der Waals surface area contributed by atoms with Gasteiger partial charge in [0.05, 0.1) is 17.2 Å². The number of alkyl halides is 2. The second-order valence-corrected chi connectivity index (χ2v) is 6.73. The molecule has 31 heavy (non-hydrogen) atoms. The number of aromatic nitrogens is 1. The molecule has 0 aliphatic rings. The van der Waals surface area contributed by atoms with Crippen molar-refractivity contribution in [2.75, 3.05) is 18.5 Å². The molecule has 1 heterocycles. The van der Waals surface area contributed by atoms with Crippen LogP contribution in [0.15, 0.2) is 24.3 Å². The molecule has 0 saturated heterocycles. The number of esters is 2. The molecule has 1 amide bonds. The van der Waals surface area contributed by atoms with E-state index < -0.39 is 31.1 Å². The molecule has 0 saturated carbocycles. The van der Waals surface area contributed by atoms with Gasteiger partial charge >= 0.3 is 18.6 Å². The van der Waals surface area contributed by atoms with E-state index in [1.807, 2.05) is 0 Å². The van der Waals surface area contributed by atoms with E-state index in [0.29, 0.717) is 17.0 Å². The van der Waals surface area contributed by atoms with Gasteiger partial charge in [0.25, 0.3) is 5.91 Å². The summed E-state index contributed by atoms with van der Waals surface area (Å²) in [4.78, 5) is 36.1. The highest BCUT2D eigenvalue weighted by Crippen LogP contribution is 2.28. The minimum Gasteiger partial charge on any atom is -0.462 e. The molecule has 2 rings (SSSR count). The average molecular weight is 459 g/mol. The Hall–Kier alpha value is -3.14. The third kappa shape index (κ3) is 6.68. The molecule has 1 aromatic carbocycles. The number of anilines is 1. The van der Waals surface area contributed by atoms with Gasteiger partial charge in [-0.05, 0) is 45.0 Å². The van der Waals surface area contributed by atoms with Crippen LogP contribution in [-0.2, 0) is 25.6 Å². The van der Waals surface area contributed by atoms with Crippen LogP contribution in [0.5, 0.6) is 5.75 Å². The second kappa shape index (κ2) is 10.8. The van der Waals surface area contributed by atoms with Gasteiger partial charge in [-0.15, -0.1) is 0 Å². The van der Waals surface area contributed by atoms with Crippen LogP contribution in [0, 0.1) is 13.8 Å². The van der Waals surface area contributed by atoms with Crippen LogP contribution in [0.2, 0.25) is 5.02 Å². The van der Waals surface area contributed by atoms with Crippen molar-refractivity contribution >= 4 is 35.1 Å². The summed E-state index contributed by atoms with van der Waals surface area (Å²) in [5.74, 6) is -2.06. The van der Waals surface area contributed by atoms with E-state index in [0.717, 1.165) is 0 Å². The van der Waals surface area contributed by atoms with Crippen molar-refractivity contribution < 1.29 is 37.4 Å². The maximum atomic E-state index is 12.2. The topological polar surface area (TPSA) is 95.9 Å². The maximum Gasteiger partial charge on any atom is 0.387 e. The number of benzene rings is 1. The molecule has 0 atom stereocenters. The van der Waals surface area contributed by atoms with Gasteiger partial charge in [0.15, 0.2) is 6.61 Å². The van der Waals surface area contributed by atoms with Crippen LogP contribution in [-0.4, -0.2) is 42.2 Å². The van der Waals surface area contributed by atoms with Gasteiger partial charge in [0.2, 0.25) is 0 Å². The summed E-state index contributed by atoms with van der Waals surface area (Å²) in [5, 5.41) is 2.31. The molecular formula is C20H21ClF2N2O6. The van der Waals surface area contributed by atoms with E-state index in [-0.39, 0.29) is 29.6 Å². The molecule has 8 nitrogen and oxygen atoms in total. The normalized spacial score (nSPS) is 10.7. The van der Waals surface area contributed by atoms with Gasteiger partial charge < -0.3 is 24.1 Å². The smallest absolute Gasteiger partial charge is 0.387 e. The van der Waals surface area contributed by atoms with E-state index in [1.54, 1.807) is 31.4 Å². The summed E-state index contributed by atoms with van der Waals surface area (Å²) in [7, 11) is 0. The lowest BCUT2D eigenvalue weighted by Crippen LogP contribution is -2.23. The van der Waals surface area contributed by atoms with Crippen molar-refractivity contribution in [2.24, 2.45) is 0 Å². The Balaban J connectivity index is 1.91. The Morgan fingerprint density at radius 3 is 2.48 bits per heavy atom. The lowest BCUT2D eigenvalue weighted by Gasteiger charge is -2.11. The zero-order chi connectivity index (χ0) is 23.1. The Morgan fingerprint density at radius 2 is 1.87 bits per heavy atom. The van der Waals surface area contributed by atoms with Crippen LogP contribution in [0.1, 0.15) is 28.7 Å². The standard InChI is InChI=1S/C20H21ClF2N2O6/c1-4-29-19(28)14-7-11(2)25(12(14)3)9-18(27)30-10-17(26)24-13-5-6-16(15(21)8-13)31-20(22)23/h5-8,20H,4,9-10H2,1-3H3,(H,24,26). The molecule has 1 N–H and O–H groups in total. The van der Waals surface area contributed by atoms with Gasteiger partial charge in [-0.3, -0.25) is 9.59 Å².